The maximum atomic E-state index is 10.0. The monoisotopic (exact) mass is 284 g/mol. The Morgan fingerprint density at radius 3 is 2.47 bits per heavy atom. The van der Waals surface area contributed by atoms with Gasteiger partial charge < -0.3 is 15.3 Å². The Morgan fingerprint density at radius 1 is 1.26 bits per heavy atom. The molecule has 1 aromatic rings. The number of hydrogen-bond acceptors (Lipinski definition) is 3. The van der Waals surface area contributed by atoms with E-state index in [1.807, 2.05) is 24.3 Å². The number of benzene rings is 1. The highest BCUT2D eigenvalue weighted by atomic mass is 35.5. The molecule has 108 valence electrons. The van der Waals surface area contributed by atoms with Gasteiger partial charge >= 0.3 is 0 Å². The van der Waals surface area contributed by atoms with E-state index >= 15 is 0 Å². The molecule has 0 aliphatic heterocycles. The van der Waals surface area contributed by atoms with Crippen LogP contribution in [0.3, 0.4) is 0 Å². The molecule has 1 aromatic carbocycles. The van der Waals surface area contributed by atoms with Gasteiger partial charge in [0.1, 0.15) is 0 Å². The highest BCUT2D eigenvalue weighted by molar-refractivity contribution is 6.31. The van der Waals surface area contributed by atoms with Crippen LogP contribution >= 0.6 is 11.6 Å². The van der Waals surface area contributed by atoms with Crippen molar-refractivity contribution in [3.63, 3.8) is 0 Å². The van der Waals surface area contributed by atoms with Gasteiger partial charge in [-0.2, -0.15) is 0 Å². The Balaban J connectivity index is 2.42. The molecule has 0 saturated carbocycles. The molecule has 19 heavy (non-hydrogen) atoms. The Bertz CT molecular complexity index is 369. The Morgan fingerprint density at radius 2 is 1.89 bits per heavy atom. The summed E-state index contributed by atoms with van der Waals surface area (Å²) in [6.45, 7) is 9.48. The van der Waals surface area contributed by atoms with Crippen molar-refractivity contribution in [3.05, 3.63) is 34.9 Å². The second kappa shape index (κ2) is 8.54. The van der Waals surface area contributed by atoms with Crippen LogP contribution in [0.25, 0.3) is 0 Å². The van der Waals surface area contributed by atoms with Crippen LogP contribution in [0.15, 0.2) is 24.3 Å². The van der Waals surface area contributed by atoms with Crippen molar-refractivity contribution in [1.29, 1.82) is 0 Å². The topological polar surface area (TPSA) is 35.5 Å². The van der Waals surface area contributed by atoms with Crippen LogP contribution in [0.2, 0.25) is 5.02 Å². The van der Waals surface area contributed by atoms with Crippen LogP contribution in [0.5, 0.6) is 0 Å². The first kappa shape index (κ1) is 16.4. The van der Waals surface area contributed by atoms with E-state index in [-0.39, 0.29) is 12.1 Å². The zero-order valence-corrected chi connectivity index (χ0v) is 12.8. The summed E-state index contributed by atoms with van der Waals surface area (Å²) >= 11 is 6.15. The lowest BCUT2D eigenvalue weighted by molar-refractivity contribution is 0.114. The fourth-order valence-corrected chi connectivity index (χ4v) is 2.39. The fourth-order valence-electron chi connectivity index (χ4n) is 2.09. The van der Waals surface area contributed by atoms with Gasteiger partial charge in [-0.15, -0.1) is 0 Å². The quantitative estimate of drug-likeness (QED) is 0.770. The highest BCUT2D eigenvalue weighted by Crippen LogP contribution is 2.21. The summed E-state index contributed by atoms with van der Waals surface area (Å²) in [5.74, 6) is 0. The summed E-state index contributed by atoms with van der Waals surface area (Å²) in [4.78, 5) is 2.21. The van der Waals surface area contributed by atoms with E-state index in [2.05, 4.69) is 31.0 Å². The molecule has 3 nitrogen and oxygen atoms in total. The number of nitrogens with zero attached hydrogens (tertiary/aromatic N) is 1. The Kier molecular flexibility index (Phi) is 7.39. The first-order valence-electron chi connectivity index (χ1n) is 6.96. The van der Waals surface area contributed by atoms with E-state index in [9.17, 15) is 5.11 Å². The Labute approximate surface area is 121 Å². The van der Waals surface area contributed by atoms with Gasteiger partial charge in [-0.3, -0.25) is 0 Å². The second-order valence-electron chi connectivity index (χ2n) is 4.79. The average molecular weight is 285 g/mol. The highest BCUT2D eigenvalue weighted by Gasteiger charge is 2.12. The van der Waals surface area contributed by atoms with Crippen molar-refractivity contribution in [3.8, 4) is 0 Å². The molecule has 2 N–H and O–H groups in total. The number of likely N-dealkylation sites (N-methyl/N-ethyl adjacent to an activating group) is 1. The van der Waals surface area contributed by atoms with Crippen molar-refractivity contribution in [2.24, 2.45) is 0 Å². The largest absolute Gasteiger partial charge is 0.390 e. The van der Waals surface area contributed by atoms with E-state index in [1.165, 1.54) is 0 Å². The van der Waals surface area contributed by atoms with Gasteiger partial charge in [0.05, 0.1) is 6.10 Å². The molecule has 0 aliphatic carbocycles. The van der Waals surface area contributed by atoms with Gasteiger partial charge in [-0.25, -0.2) is 0 Å². The third-order valence-electron chi connectivity index (χ3n) is 3.39. The molecule has 1 rings (SSSR count). The molecule has 0 radical (unpaired) electrons. The van der Waals surface area contributed by atoms with E-state index < -0.39 is 0 Å². The average Bonchev–Trinajstić information content (AvgIpc) is 2.42. The van der Waals surface area contributed by atoms with E-state index in [4.69, 9.17) is 11.6 Å². The first-order valence-corrected chi connectivity index (χ1v) is 7.34. The smallest absolute Gasteiger partial charge is 0.0791 e. The molecule has 0 aliphatic rings. The summed E-state index contributed by atoms with van der Waals surface area (Å²) < 4.78 is 0. The Hall–Kier alpha value is -0.610. The zero-order valence-electron chi connectivity index (χ0n) is 12.1. The zero-order chi connectivity index (χ0) is 14.3. The molecule has 0 saturated heterocycles. The van der Waals surface area contributed by atoms with Gasteiger partial charge in [-0.1, -0.05) is 43.6 Å². The standard InChI is InChI=1S/C15H25ClN2O/c1-4-18(5-2)11-13(19)10-17-12(3)14-8-6-7-9-15(14)16/h6-9,12-13,17,19H,4-5,10-11H2,1-3H3/t12-,13?/m1/s1. The maximum Gasteiger partial charge on any atom is 0.0791 e. The van der Waals surface area contributed by atoms with Crippen molar-refractivity contribution < 1.29 is 5.11 Å². The van der Waals surface area contributed by atoms with Crippen LogP contribution in [0.1, 0.15) is 32.4 Å². The number of aliphatic hydroxyl groups is 1. The first-order chi connectivity index (χ1) is 9.08. The predicted molar refractivity (Wildman–Crippen MR) is 81.7 cm³/mol. The molecule has 0 heterocycles. The molecule has 2 atom stereocenters. The van der Waals surface area contributed by atoms with Gasteiger partial charge in [-0.05, 0) is 31.6 Å². The van der Waals surface area contributed by atoms with Crippen LogP contribution < -0.4 is 5.32 Å². The number of aliphatic hydroxyl groups excluding tert-OH is 1. The number of halogens is 1. The minimum Gasteiger partial charge on any atom is -0.390 e. The number of hydrogen-bond donors (Lipinski definition) is 2. The molecule has 0 spiro atoms. The summed E-state index contributed by atoms with van der Waals surface area (Å²) in [5.41, 5.74) is 1.07. The number of nitrogens with one attached hydrogen (secondary N) is 1. The molecule has 1 unspecified atom stereocenters. The summed E-state index contributed by atoms with van der Waals surface area (Å²) in [6.07, 6.45) is -0.357. The second-order valence-corrected chi connectivity index (χ2v) is 5.20. The minimum atomic E-state index is -0.357. The van der Waals surface area contributed by atoms with E-state index in [0.29, 0.717) is 13.1 Å². The molecule has 0 aromatic heterocycles. The van der Waals surface area contributed by atoms with Crippen LogP contribution in [-0.4, -0.2) is 42.3 Å². The molecular formula is C15H25ClN2O. The SMILES string of the molecule is CCN(CC)CC(O)CN[C@H](C)c1ccccc1Cl. The van der Waals surface area contributed by atoms with Gasteiger partial charge in [0.15, 0.2) is 0 Å². The molecular weight excluding hydrogens is 260 g/mol. The third kappa shape index (κ3) is 5.49. The normalized spacial score (nSPS) is 14.6. The summed E-state index contributed by atoms with van der Waals surface area (Å²) in [7, 11) is 0. The van der Waals surface area contributed by atoms with Crippen molar-refractivity contribution in [2.45, 2.75) is 32.9 Å². The van der Waals surface area contributed by atoms with Crippen molar-refractivity contribution in [1.82, 2.24) is 10.2 Å². The summed E-state index contributed by atoms with van der Waals surface area (Å²) in [5, 5.41) is 14.1. The maximum absolute atomic E-state index is 10.0. The van der Waals surface area contributed by atoms with Gasteiger partial charge in [0.25, 0.3) is 0 Å². The van der Waals surface area contributed by atoms with Crippen LogP contribution in [0, 0.1) is 0 Å². The molecule has 0 fully saturated rings. The predicted octanol–water partition coefficient (Wildman–Crippen LogP) is 2.69. The van der Waals surface area contributed by atoms with E-state index in [1.54, 1.807) is 0 Å². The number of rotatable bonds is 8. The van der Waals surface area contributed by atoms with Crippen LogP contribution in [0.4, 0.5) is 0 Å². The van der Waals surface area contributed by atoms with Crippen molar-refractivity contribution in [2.75, 3.05) is 26.2 Å². The van der Waals surface area contributed by atoms with E-state index in [0.717, 1.165) is 23.7 Å². The lowest BCUT2D eigenvalue weighted by Gasteiger charge is -2.23. The molecule has 0 amide bonds. The minimum absolute atomic E-state index is 0.139. The van der Waals surface area contributed by atoms with Gasteiger partial charge in [0.2, 0.25) is 0 Å². The van der Waals surface area contributed by atoms with Crippen molar-refractivity contribution >= 4 is 11.6 Å². The molecule has 0 bridgehead atoms. The fraction of sp³-hybridized carbons (Fsp3) is 0.600. The third-order valence-corrected chi connectivity index (χ3v) is 3.74. The van der Waals surface area contributed by atoms with Gasteiger partial charge in [0, 0.05) is 24.2 Å². The van der Waals surface area contributed by atoms with Crippen LogP contribution in [-0.2, 0) is 0 Å². The lowest BCUT2D eigenvalue weighted by atomic mass is 10.1. The summed E-state index contributed by atoms with van der Waals surface area (Å²) in [6, 6.07) is 7.94. The lowest BCUT2D eigenvalue weighted by Crippen LogP contribution is -2.38. The molecule has 4 heteroatoms.